The highest BCUT2D eigenvalue weighted by Crippen LogP contribution is 2.27. The zero-order valence-corrected chi connectivity index (χ0v) is 12.6. The molecule has 1 aromatic rings. The highest BCUT2D eigenvalue weighted by molar-refractivity contribution is 5.98. The second-order valence-electron chi connectivity index (χ2n) is 6.27. The van der Waals surface area contributed by atoms with E-state index >= 15 is 0 Å². The molecule has 0 spiro atoms. The smallest absolute Gasteiger partial charge is 0.267 e. The van der Waals surface area contributed by atoms with Crippen molar-refractivity contribution in [2.45, 2.75) is 27.2 Å². The van der Waals surface area contributed by atoms with E-state index in [1.807, 2.05) is 12.1 Å². The standard InChI is InChI=1S/C15H22N3O2/c1-15(2,3)14-16(4)10-5-11-17(14)12-6-8-13(9-7-12)18(19)20/h6-9H,5,10-11H2,1-4H3/q+1. The van der Waals surface area contributed by atoms with Gasteiger partial charge < -0.3 is 0 Å². The summed E-state index contributed by atoms with van der Waals surface area (Å²) in [6, 6.07) is 6.82. The molecule has 1 aromatic carbocycles. The van der Waals surface area contributed by atoms with Crippen LogP contribution in [0.25, 0.3) is 0 Å². The molecule has 1 aliphatic rings. The number of nitrogens with zero attached hydrogens (tertiary/aromatic N) is 3. The van der Waals surface area contributed by atoms with Crippen LogP contribution < -0.4 is 4.90 Å². The third-order valence-corrected chi connectivity index (χ3v) is 3.54. The predicted molar refractivity (Wildman–Crippen MR) is 80.6 cm³/mol. The molecule has 0 aliphatic carbocycles. The van der Waals surface area contributed by atoms with Crippen LogP contribution in [0.3, 0.4) is 0 Å². The number of hydrogen-bond donors (Lipinski definition) is 0. The van der Waals surface area contributed by atoms with Gasteiger partial charge in [-0.25, -0.2) is 4.90 Å². The molecular formula is C15H22N3O2+. The number of non-ortho nitro benzene ring substituents is 1. The van der Waals surface area contributed by atoms with E-state index in [2.05, 4.69) is 37.3 Å². The van der Waals surface area contributed by atoms with E-state index in [-0.39, 0.29) is 16.0 Å². The third-order valence-electron chi connectivity index (χ3n) is 3.54. The quantitative estimate of drug-likeness (QED) is 0.474. The van der Waals surface area contributed by atoms with E-state index in [0.717, 1.165) is 25.2 Å². The van der Waals surface area contributed by atoms with E-state index in [1.165, 1.54) is 5.84 Å². The van der Waals surface area contributed by atoms with Gasteiger partial charge >= 0.3 is 0 Å². The summed E-state index contributed by atoms with van der Waals surface area (Å²) in [4.78, 5) is 12.7. The Bertz CT molecular complexity index is 541. The van der Waals surface area contributed by atoms with E-state index in [0.29, 0.717) is 0 Å². The lowest BCUT2D eigenvalue weighted by molar-refractivity contribution is -0.505. The molecule has 1 aliphatic heterocycles. The van der Waals surface area contributed by atoms with Gasteiger partial charge in [0.05, 0.1) is 30.5 Å². The monoisotopic (exact) mass is 276 g/mol. The van der Waals surface area contributed by atoms with Gasteiger partial charge in [-0.1, -0.05) is 0 Å². The minimum Gasteiger partial charge on any atom is -0.267 e. The number of benzene rings is 1. The number of rotatable bonds is 2. The Kier molecular flexibility index (Phi) is 3.79. The van der Waals surface area contributed by atoms with Crippen molar-refractivity contribution in [1.29, 1.82) is 0 Å². The topological polar surface area (TPSA) is 49.4 Å². The molecule has 5 heteroatoms. The van der Waals surface area contributed by atoms with E-state index in [4.69, 9.17) is 0 Å². The molecule has 1 heterocycles. The Morgan fingerprint density at radius 2 is 1.85 bits per heavy atom. The van der Waals surface area contributed by atoms with Crippen LogP contribution in [0.2, 0.25) is 0 Å². The van der Waals surface area contributed by atoms with Crippen LogP contribution in [0.1, 0.15) is 27.2 Å². The lowest BCUT2D eigenvalue weighted by atomic mass is 9.92. The van der Waals surface area contributed by atoms with Gasteiger partial charge in [0.2, 0.25) is 0 Å². The van der Waals surface area contributed by atoms with Crippen LogP contribution in [0.5, 0.6) is 0 Å². The molecule has 0 aromatic heterocycles. The van der Waals surface area contributed by atoms with Gasteiger partial charge in [-0.15, -0.1) is 0 Å². The van der Waals surface area contributed by atoms with Crippen molar-refractivity contribution < 1.29 is 9.50 Å². The Labute approximate surface area is 119 Å². The van der Waals surface area contributed by atoms with Crippen molar-refractivity contribution in [3.63, 3.8) is 0 Å². The van der Waals surface area contributed by atoms with Gasteiger partial charge in [0.25, 0.3) is 11.5 Å². The first-order chi connectivity index (χ1) is 9.30. The molecule has 5 nitrogen and oxygen atoms in total. The summed E-state index contributed by atoms with van der Waals surface area (Å²) in [7, 11) is 2.11. The first-order valence-corrected chi connectivity index (χ1v) is 6.91. The first-order valence-electron chi connectivity index (χ1n) is 6.91. The largest absolute Gasteiger partial charge is 0.269 e. The van der Waals surface area contributed by atoms with Gasteiger partial charge in [-0.3, -0.25) is 14.7 Å². The maximum atomic E-state index is 10.7. The van der Waals surface area contributed by atoms with Gasteiger partial charge in [0, 0.05) is 18.6 Å². The molecule has 0 bridgehead atoms. The molecule has 0 saturated carbocycles. The number of anilines is 1. The predicted octanol–water partition coefficient (Wildman–Crippen LogP) is 2.89. The van der Waals surface area contributed by atoms with Crippen LogP contribution in [0.15, 0.2) is 24.3 Å². The number of amidine groups is 1. The van der Waals surface area contributed by atoms with Crippen LogP contribution >= 0.6 is 0 Å². The van der Waals surface area contributed by atoms with Crippen LogP contribution in [-0.2, 0) is 0 Å². The Morgan fingerprint density at radius 1 is 1.25 bits per heavy atom. The van der Waals surface area contributed by atoms with Crippen molar-refractivity contribution in [2.75, 3.05) is 25.0 Å². The summed E-state index contributed by atoms with van der Waals surface area (Å²) in [5.41, 5.74) is 1.19. The molecule has 0 radical (unpaired) electrons. The minimum absolute atomic E-state index is 0.0386. The van der Waals surface area contributed by atoms with Gasteiger partial charge in [-0.05, 0) is 32.9 Å². The first kappa shape index (κ1) is 14.5. The molecule has 0 amide bonds. The summed E-state index contributed by atoms with van der Waals surface area (Å²) < 4.78 is 2.28. The second-order valence-corrected chi connectivity index (χ2v) is 6.27. The Balaban J connectivity index is 2.40. The zero-order chi connectivity index (χ0) is 14.9. The van der Waals surface area contributed by atoms with Gasteiger partial charge in [0.1, 0.15) is 5.69 Å². The SMILES string of the molecule is C[N+]1=C(C(C)(C)C)N(c2ccc([N+](=O)[O-])cc2)CCC1. The Morgan fingerprint density at radius 3 is 2.35 bits per heavy atom. The fourth-order valence-corrected chi connectivity index (χ4v) is 2.87. The summed E-state index contributed by atoms with van der Waals surface area (Å²) in [6.07, 6.45) is 1.09. The maximum Gasteiger partial charge on any atom is 0.269 e. The highest BCUT2D eigenvalue weighted by Gasteiger charge is 2.37. The number of nitro groups is 1. The molecule has 108 valence electrons. The van der Waals surface area contributed by atoms with E-state index in [9.17, 15) is 10.1 Å². The van der Waals surface area contributed by atoms with Crippen molar-refractivity contribution in [3.8, 4) is 0 Å². The molecule has 2 rings (SSSR count). The van der Waals surface area contributed by atoms with Crippen molar-refractivity contribution in [1.82, 2.24) is 0 Å². The highest BCUT2D eigenvalue weighted by atomic mass is 16.6. The second kappa shape index (κ2) is 5.23. The number of nitro benzene ring substituents is 1. The molecule has 20 heavy (non-hydrogen) atoms. The Hall–Kier alpha value is -1.91. The summed E-state index contributed by atoms with van der Waals surface area (Å²) in [5.74, 6) is 1.26. The minimum atomic E-state index is -0.361. The molecule has 0 fully saturated rings. The van der Waals surface area contributed by atoms with Gasteiger partial charge in [-0.2, -0.15) is 0 Å². The normalized spacial score (nSPS) is 16.5. The molecule has 0 N–H and O–H groups in total. The number of hydrogen-bond acceptors (Lipinski definition) is 3. The zero-order valence-electron chi connectivity index (χ0n) is 12.6. The van der Waals surface area contributed by atoms with Crippen LogP contribution in [-0.4, -0.2) is 35.5 Å². The molecule has 0 saturated heterocycles. The van der Waals surface area contributed by atoms with Crippen molar-refractivity contribution in [2.24, 2.45) is 5.41 Å². The molecule has 0 unspecified atom stereocenters. The van der Waals surface area contributed by atoms with Crippen LogP contribution in [0, 0.1) is 15.5 Å². The lowest BCUT2D eigenvalue weighted by Crippen LogP contribution is -2.49. The summed E-state index contributed by atoms with van der Waals surface area (Å²) in [6.45, 7) is 8.60. The van der Waals surface area contributed by atoms with Crippen molar-refractivity contribution >= 4 is 17.2 Å². The molecular weight excluding hydrogens is 254 g/mol. The van der Waals surface area contributed by atoms with Crippen molar-refractivity contribution in [3.05, 3.63) is 34.4 Å². The maximum absolute atomic E-state index is 10.7. The average molecular weight is 276 g/mol. The summed E-state index contributed by atoms with van der Waals surface area (Å²) >= 11 is 0. The lowest BCUT2D eigenvalue weighted by Gasteiger charge is -2.32. The fourth-order valence-electron chi connectivity index (χ4n) is 2.87. The van der Waals surface area contributed by atoms with E-state index < -0.39 is 0 Å². The summed E-state index contributed by atoms with van der Waals surface area (Å²) in [5, 5.41) is 10.7. The van der Waals surface area contributed by atoms with E-state index in [1.54, 1.807) is 12.1 Å². The van der Waals surface area contributed by atoms with Gasteiger partial charge in [0.15, 0.2) is 0 Å². The molecule has 0 atom stereocenters. The fraction of sp³-hybridized carbons (Fsp3) is 0.533. The third kappa shape index (κ3) is 2.81. The average Bonchev–Trinajstić information content (AvgIpc) is 2.37. The van der Waals surface area contributed by atoms with Crippen LogP contribution in [0.4, 0.5) is 11.4 Å².